The molecule has 1 nitrogen and oxygen atoms in total. The molecule has 3 rings (SSSR count). The smallest absolute Gasteiger partial charge is 0.137 e. The standard InChI is InChI=1S/C16H17BrFNS/c1-19-13(8-11-5-2-6-12(18)16(11)17)15-9-10-4-3-7-14(10)20-15/h2,5-6,9,13,19H,3-4,7-8H2,1H3. The fourth-order valence-corrected chi connectivity index (χ4v) is 4.59. The number of hydrogen-bond donors (Lipinski definition) is 1. The minimum absolute atomic E-state index is 0.189. The van der Waals surface area contributed by atoms with Gasteiger partial charge in [0.2, 0.25) is 0 Å². The highest BCUT2D eigenvalue weighted by atomic mass is 79.9. The molecule has 0 radical (unpaired) electrons. The van der Waals surface area contributed by atoms with Crippen LogP contribution in [-0.2, 0) is 19.3 Å². The summed E-state index contributed by atoms with van der Waals surface area (Å²) in [6, 6.07) is 7.84. The van der Waals surface area contributed by atoms with Gasteiger partial charge in [-0.1, -0.05) is 12.1 Å². The molecule has 0 spiro atoms. The molecule has 0 aliphatic heterocycles. The predicted molar refractivity (Wildman–Crippen MR) is 85.9 cm³/mol. The van der Waals surface area contributed by atoms with Crippen molar-refractivity contribution in [3.05, 3.63) is 55.4 Å². The molecule has 0 bridgehead atoms. The second-order valence-corrected chi connectivity index (χ2v) is 7.17. The normalized spacial score (nSPS) is 15.3. The first-order valence-corrected chi connectivity index (χ1v) is 8.51. The summed E-state index contributed by atoms with van der Waals surface area (Å²) >= 11 is 5.27. The van der Waals surface area contributed by atoms with Crippen molar-refractivity contribution in [3.8, 4) is 0 Å². The fourth-order valence-electron chi connectivity index (χ4n) is 2.79. The van der Waals surface area contributed by atoms with Crippen molar-refractivity contribution < 1.29 is 4.39 Å². The molecule has 0 saturated carbocycles. The number of halogens is 2. The first kappa shape index (κ1) is 14.2. The summed E-state index contributed by atoms with van der Waals surface area (Å²) in [6.45, 7) is 0. The Hall–Kier alpha value is -0.710. The highest BCUT2D eigenvalue weighted by Gasteiger charge is 2.20. The Labute approximate surface area is 131 Å². The van der Waals surface area contributed by atoms with Crippen LogP contribution in [-0.4, -0.2) is 7.05 Å². The number of nitrogens with one attached hydrogen (secondary N) is 1. The lowest BCUT2D eigenvalue weighted by molar-refractivity contribution is 0.587. The van der Waals surface area contributed by atoms with Gasteiger partial charge in [0.1, 0.15) is 5.82 Å². The Bertz CT molecular complexity index is 601. The van der Waals surface area contributed by atoms with Crippen molar-refractivity contribution in [3.63, 3.8) is 0 Å². The van der Waals surface area contributed by atoms with E-state index in [1.54, 1.807) is 10.9 Å². The molecule has 2 aromatic rings. The number of thiophene rings is 1. The van der Waals surface area contributed by atoms with Crippen molar-refractivity contribution in [2.24, 2.45) is 0 Å². The zero-order valence-corrected chi connectivity index (χ0v) is 13.8. The Kier molecular flexibility index (Phi) is 4.24. The summed E-state index contributed by atoms with van der Waals surface area (Å²) < 4.78 is 14.2. The fraction of sp³-hybridized carbons (Fsp3) is 0.375. The van der Waals surface area contributed by atoms with Crippen LogP contribution in [0.3, 0.4) is 0 Å². The van der Waals surface area contributed by atoms with Crippen LogP contribution >= 0.6 is 27.3 Å². The Morgan fingerprint density at radius 2 is 2.25 bits per heavy atom. The zero-order valence-electron chi connectivity index (χ0n) is 11.4. The second kappa shape index (κ2) is 5.96. The van der Waals surface area contributed by atoms with Crippen molar-refractivity contribution in [1.29, 1.82) is 0 Å². The van der Waals surface area contributed by atoms with Gasteiger partial charge in [-0.15, -0.1) is 11.3 Å². The number of hydrogen-bond acceptors (Lipinski definition) is 2. The molecular formula is C16H17BrFNS. The van der Waals surface area contributed by atoms with E-state index in [0.29, 0.717) is 4.47 Å². The van der Waals surface area contributed by atoms with Crippen molar-refractivity contribution in [2.75, 3.05) is 7.05 Å². The Morgan fingerprint density at radius 3 is 3.00 bits per heavy atom. The van der Waals surface area contributed by atoms with E-state index in [-0.39, 0.29) is 11.9 Å². The number of likely N-dealkylation sites (N-methyl/N-ethyl adjacent to an activating group) is 1. The lowest BCUT2D eigenvalue weighted by Gasteiger charge is -2.16. The summed E-state index contributed by atoms with van der Waals surface area (Å²) in [5.41, 5.74) is 2.53. The van der Waals surface area contributed by atoms with E-state index in [1.165, 1.54) is 35.8 Å². The summed E-state index contributed by atoms with van der Waals surface area (Å²) in [5.74, 6) is -0.189. The van der Waals surface area contributed by atoms with E-state index in [0.717, 1.165) is 12.0 Å². The minimum Gasteiger partial charge on any atom is -0.312 e. The third-order valence-corrected chi connectivity index (χ3v) is 6.15. The maximum absolute atomic E-state index is 13.6. The van der Waals surface area contributed by atoms with Gasteiger partial charge in [-0.05, 0) is 71.9 Å². The summed E-state index contributed by atoms with van der Waals surface area (Å²) in [7, 11) is 1.97. The average molecular weight is 354 g/mol. The first-order chi connectivity index (χ1) is 9.69. The molecule has 1 unspecified atom stereocenters. The van der Waals surface area contributed by atoms with Crippen LogP contribution in [0.15, 0.2) is 28.7 Å². The lowest BCUT2D eigenvalue weighted by Crippen LogP contribution is -2.18. The van der Waals surface area contributed by atoms with Crippen molar-refractivity contribution in [2.45, 2.75) is 31.7 Å². The van der Waals surface area contributed by atoms with Gasteiger partial charge in [-0.25, -0.2) is 4.39 Å². The molecule has 1 aliphatic carbocycles. The lowest BCUT2D eigenvalue weighted by atomic mass is 10.0. The largest absolute Gasteiger partial charge is 0.312 e. The summed E-state index contributed by atoms with van der Waals surface area (Å²) in [4.78, 5) is 2.91. The van der Waals surface area contributed by atoms with E-state index in [2.05, 4.69) is 27.3 Å². The van der Waals surface area contributed by atoms with Crippen LogP contribution in [0, 0.1) is 5.82 Å². The average Bonchev–Trinajstić information content (AvgIpc) is 3.01. The van der Waals surface area contributed by atoms with Crippen LogP contribution in [0.5, 0.6) is 0 Å². The quantitative estimate of drug-likeness (QED) is 0.843. The Morgan fingerprint density at radius 1 is 1.40 bits per heavy atom. The molecule has 1 aliphatic rings. The molecule has 0 fully saturated rings. The van der Waals surface area contributed by atoms with Gasteiger partial charge in [-0.2, -0.15) is 0 Å². The number of benzene rings is 1. The van der Waals surface area contributed by atoms with Crippen LogP contribution in [0.4, 0.5) is 4.39 Å². The summed E-state index contributed by atoms with van der Waals surface area (Å²) in [6.07, 6.45) is 4.53. The molecule has 1 aromatic carbocycles. The van der Waals surface area contributed by atoms with Gasteiger partial charge < -0.3 is 5.32 Å². The monoisotopic (exact) mass is 353 g/mol. The molecule has 1 aromatic heterocycles. The molecule has 20 heavy (non-hydrogen) atoms. The molecule has 1 atom stereocenters. The second-order valence-electron chi connectivity index (χ2n) is 5.21. The van der Waals surface area contributed by atoms with E-state index >= 15 is 0 Å². The maximum Gasteiger partial charge on any atom is 0.137 e. The SMILES string of the molecule is CNC(Cc1cccc(F)c1Br)c1cc2c(s1)CCC2. The van der Waals surface area contributed by atoms with E-state index in [1.807, 2.05) is 24.5 Å². The number of aryl methyl sites for hydroxylation is 2. The molecule has 106 valence electrons. The minimum atomic E-state index is -0.189. The van der Waals surface area contributed by atoms with Gasteiger partial charge in [0, 0.05) is 15.8 Å². The Balaban J connectivity index is 1.84. The predicted octanol–water partition coefficient (Wildman–Crippen LogP) is 4.64. The van der Waals surface area contributed by atoms with Gasteiger partial charge in [0.05, 0.1) is 4.47 Å². The first-order valence-electron chi connectivity index (χ1n) is 6.90. The molecule has 1 N–H and O–H groups in total. The van der Waals surface area contributed by atoms with Gasteiger partial charge >= 0.3 is 0 Å². The van der Waals surface area contributed by atoms with Crippen LogP contribution in [0.25, 0.3) is 0 Å². The topological polar surface area (TPSA) is 12.0 Å². The zero-order chi connectivity index (χ0) is 14.1. The summed E-state index contributed by atoms with van der Waals surface area (Å²) in [5, 5.41) is 3.37. The maximum atomic E-state index is 13.6. The third kappa shape index (κ3) is 2.69. The van der Waals surface area contributed by atoms with Gasteiger partial charge in [0.25, 0.3) is 0 Å². The number of fused-ring (bicyclic) bond motifs is 1. The van der Waals surface area contributed by atoms with Gasteiger partial charge in [0.15, 0.2) is 0 Å². The molecular weight excluding hydrogens is 337 g/mol. The van der Waals surface area contributed by atoms with E-state index in [4.69, 9.17) is 0 Å². The van der Waals surface area contributed by atoms with Crippen molar-refractivity contribution in [1.82, 2.24) is 5.32 Å². The van der Waals surface area contributed by atoms with E-state index < -0.39 is 0 Å². The number of rotatable bonds is 4. The van der Waals surface area contributed by atoms with Crippen LogP contribution in [0.2, 0.25) is 0 Å². The molecule has 0 amide bonds. The third-order valence-electron chi connectivity index (χ3n) is 3.91. The molecule has 1 heterocycles. The van der Waals surface area contributed by atoms with Crippen LogP contribution in [0.1, 0.15) is 33.3 Å². The van der Waals surface area contributed by atoms with Crippen molar-refractivity contribution >= 4 is 27.3 Å². The van der Waals surface area contributed by atoms with Crippen LogP contribution < -0.4 is 5.32 Å². The van der Waals surface area contributed by atoms with Gasteiger partial charge in [-0.3, -0.25) is 0 Å². The van der Waals surface area contributed by atoms with E-state index in [9.17, 15) is 4.39 Å². The highest BCUT2D eigenvalue weighted by Crippen LogP contribution is 2.35. The highest BCUT2D eigenvalue weighted by molar-refractivity contribution is 9.10. The molecule has 0 saturated heterocycles. The molecule has 4 heteroatoms.